The van der Waals surface area contributed by atoms with Crippen LogP contribution in [-0.4, -0.2) is 29.8 Å². The average molecular weight is 319 g/mol. The lowest BCUT2D eigenvalue weighted by Gasteiger charge is -2.24. The molecule has 6 heteroatoms. The van der Waals surface area contributed by atoms with E-state index < -0.39 is 0 Å². The van der Waals surface area contributed by atoms with Crippen LogP contribution >= 0.6 is 0 Å². The van der Waals surface area contributed by atoms with Crippen molar-refractivity contribution < 1.29 is 14.4 Å². The molecule has 0 atom stereocenters. The standard InChI is InChI=1S/C17H25N3O3/c1-12(21)18-14-7-6-8-15(11-14)20(13(2)22)10-9-16(23)19-17(3,4)5/h6-8,11H,9-10H2,1-5H3,(H,18,21)(H,19,23). The smallest absolute Gasteiger partial charge is 0.223 e. The molecule has 0 aromatic heterocycles. The van der Waals surface area contributed by atoms with Crippen LogP contribution in [0.5, 0.6) is 0 Å². The molecule has 1 aromatic carbocycles. The number of hydrogen-bond acceptors (Lipinski definition) is 3. The molecular formula is C17H25N3O3. The fourth-order valence-corrected chi connectivity index (χ4v) is 2.12. The van der Waals surface area contributed by atoms with E-state index in [1.165, 1.54) is 18.7 Å². The van der Waals surface area contributed by atoms with Gasteiger partial charge in [0.2, 0.25) is 17.7 Å². The van der Waals surface area contributed by atoms with Crippen LogP contribution < -0.4 is 15.5 Å². The highest BCUT2D eigenvalue weighted by molar-refractivity contribution is 5.94. The lowest BCUT2D eigenvalue weighted by Crippen LogP contribution is -2.42. The first kappa shape index (κ1) is 18.7. The molecule has 0 bridgehead atoms. The molecule has 0 saturated heterocycles. The maximum absolute atomic E-state index is 11.9. The monoisotopic (exact) mass is 319 g/mol. The van der Waals surface area contributed by atoms with E-state index in [0.29, 0.717) is 11.4 Å². The molecule has 0 aliphatic heterocycles. The molecule has 6 nitrogen and oxygen atoms in total. The van der Waals surface area contributed by atoms with Crippen LogP contribution in [0, 0.1) is 0 Å². The topological polar surface area (TPSA) is 78.5 Å². The van der Waals surface area contributed by atoms with E-state index in [9.17, 15) is 14.4 Å². The molecule has 1 rings (SSSR count). The van der Waals surface area contributed by atoms with Crippen molar-refractivity contribution in [2.24, 2.45) is 0 Å². The van der Waals surface area contributed by atoms with Crippen LogP contribution in [-0.2, 0) is 14.4 Å². The van der Waals surface area contributed by atoms with Crippen LogP contribution in [0.4, 0.5) is 11.4 Å². The molecule has 3 amide bonds. The molecule has 0 saturated carbocycles. The summed E-state index contributed by atoms with van der Waals surface area (Å²) in [6.07, 6.45) is 0.210. The van der Waals surface area contributed by atoms with Crippen molar-refractivity contribution in [1.82, 2.24) is 5.32 Å². The van der Waals surface area contributed by atoms with Gasteiger partial charge in [0, 0.05) is 43.7 Å². The Morgan fingerprint density at radius 3 is 2.30 bits per heavy atom. The number of rotatable bonds is 5. The van der Waals surface area contributed by atoms with Gasteiger partial charge in [-0.05, 0) is 39.0 Å². The van der Waals surface area contributed by atoms with E-state index in [-0.39, 0.29) is 36.2 Å². The molecule has 0 fully saturated rings. The summed E-state index contributed by atoms with van der Waals surface area (Å²) >= 11 is 0. The highest BCUT2D eigenvalue weighted by Crippen LogP contribution is 2.20. The SMILES string of the molecule is CC(=O)Nc1cccc(N(CCC(=O)NC(C)(C)C)C(C)=O)c1. The fourth-order valence-electron chi connectivity index (χ4n) is 2.12. The molecule has 0 heterocycles. The summed E-state index contributed by atoms with van der Waals surface area (Å²) in [5.41, 5.74) is 0.955. The van der Waals surface area contributed by atoms with Gasteiger partial charge in [-0.15, -0.1) is 0 Å². The summed E-state index contributed by atoms with van der Waals surface area (Å²) in [4.78, 5) is 36.5. The Labute approximate surface area is 137 Å². The Balaban J connectivity index is 2.81. The zero-order valence-corrected chi connectivity index (χ0v) is 14.4. The quantitative estimate of drug-likeness (QED) is 0.874. The van der Waals surface area contributed by atoms with Crippen LogP contribution in [0.2, 0.25) is 0 Å². The van der Waals surface area contributed by atoms with Crippen LogP contribution in [0.25, 0.3) is 0 Å². The molecule has 0 spiro atoms. The average Bonchev–Trinajstić information content (AvgIpc) is 2.35. The maximum atomic E-state index is 11.9. The first-order valence-electron chi connectivity index (χ1n) is 7.55. The number of carbonyl (C=O) groups is 3. The van der Waals surface area contributed by atoms with Crippen molar-refractivity contribution in [1.29, 1.82) is 0 Å². The zero-order chi connectivity index (χ0) is 17.6. The van der Waals surface area contributed by atoms with Crippen molar-refractivity contribution in [3.63, 3.8) is 0 Å². The molecule has 2 N–H and O–H groups in total. The Hall–Kier alpha value is -2.37. The van der Waals surface area contributed by atoms with E-state index in [1.807, 2.05) is 20.8 Å². The van der Waals surface area contributed by atoms with Gasteiger partial charge >= 0.3 is 0 Å². The minimum absolute atomic E-state index is 0.109. The van der Waals surface area contributed by atoms with E-state index in [0.717, 1.165) is 0 Å². The Morgan fingerprint density at radius 1 is 1.13 bits per heavy atom. The van der Waals surface area contributed by atoms with Gasteiger partial charge in [-0.25, -0.2) is 0 Å². The third-order valence-electron chi connectivity index (χ3n) is 2.94. The third kappa shape index (κ3) is 6.95. The molecule has 0 aliphatic carbocycles. The summed E-state index contributed by atoms with van der Waals surface area (Å²) in [6.45, 7) is 8.87. The minimum Gasteiger partial charge on any atom is -0.351 e. The Morgan fingerprint density at radius 2 is 1.78 bits per heavy atom. The second kappa shape index (κ2) is 7.76. The van der Waals surface area contributed by atoms with Crippen LogP contribution in [0.15, 0.2) is 24.3 Å². The molecule has 126 valence electrons. The summed E-state index contributed by atoms with van der Waals surface area (Å²) < 4.78 is 0. The first-order chi connectivity index (χ1) is 10.6. The van der Waals surface area contributed by atoms with Gasteiger partial charge in [-0.3, -0.25) is 14.4 Å². The first-order valence-corrected chi connectivity index (χ1v) is 7.55. The lowest BCUT2D eigenvalue weighted by molar-refractivity contribution is -0.122. The van der Waals surface area contributed by atoms with E-state index in [4.69, 9.17) is 0 Å². The van der Waals surface area contributed by atoms with Gasteiger partial charge in [0.25, 0.3) is 0 Å². The van der Waals surface area contributed by atoms with Crippen molar-refractivity contribution in [3.8, 4) is 0 Å². The summed E-state index contributed by atoms with van der Waals surface area (Å²) in [5, 5.41) is 5.55. The Bertz CT molecular complexity index is 591. The van der Waals surface area contributed by atoms with Gasteiger partial charge in [0.05, 0.1) is 0 Å². The molecule has 23 heavy (non-hydrogen) atoms. The molecule has 0 aliphatic rings. The minimum atomic E-state index is -0.302. The second-order valence-electron chi connectivity index (χ2n) is 6.45. The van der Waals surface area contributed by atoms with Crippen molar-refractivity contribution >= 4 is 29.1 Å². The van der Waals surface area contributed by atoms with Crippen molar-refractivity contribution in [2.45, 2.75) is 46.6 Å². The summed E-state index contributed by atoms with van der Waals surface area (Å²) in [6, 6.07) is 6.99. The number of carbonyl (C=O) groups excluding carboxylic acids is 3. The van der Waals surface area contributed by atoms with E-state index in [2.05, 4.69) is 10.6 Å². The molecular weight excluding hydrogens is 294 g/mol. The maximum Gasteiger partial charge on any atom is 0.223 e. The molecule has 1 aromatic rings. The lowest BCUT2D eigenvalue weighted by atomic mass is 10.1. The van der Waals surface area contributed by atoms with E-state index in [1.54, 1.807) is 24.3 Å². The number of nitrogens with zero attached hydrogens (tertiary/aromatic N) is 1. The largest absolute Gasteiger partial charge is 0.351 e. The van der Waals surface area contributed by atoms with E-state index >= 15 is 0 Å². The summed E-state index contributed by atoms with van der Waals surface area (Å²) in [7, 11) is 0. The van der Waals surface area contributed by atoms with Crippen molar-refractivity contribution in [2.75, 3.05) is 16.8 Å². The van der Waals surface area contributed by atoms with Gasteiger partial charge in [-0.1, -0.05) is 6.07 Å². The highest BCUT2D eigenvalue weighted by atomic mass is 16.2. The normalized spacial score (nSPS) is 10.8. The summed E-state index contributed by atoms with van der Waals surface area (Å²) in [5.74, 6) is -0.448. The number of nitrogens with one attached hydrogen (secondary N) is 2. The van der Waals surface area contributed by atoms with Gasteiger partial charge in [0.15, 0.2) is 0 Å². The van der Waals surface area contributed by atoms with Crippen LogP contribution in [0.3, 0.4) is 0 Å². The number of amides is 3. The number of benzene rings is 1. The predicted molar refractivity (Wildman–Crippen MR) is 91.3 cm³/mol. The van der Waals surface area contributed by atoms with Gasteiger partial charge in [-0.2, -0.15) is 0 Å². The zero-order valence-electron chi connectivity index (χ0n) is 14.4. The Kier molecular flexibility index (Phi) is 6.30. The second-order valence-corrected chi connectivity index (χ2v) is 6.45. The number of hydrogen-bond donors (Lipinski definition) is 2. The molecule has 0 unspecified atom stereocenters. The van der Waals surface area contributed by atoms with Gasteiger partial charge < -0.3 is 15.5 Å². The third-order valence-corrected chi connectivity index (χ3v) is 2.94. The van der Waals surface area contributed by atoms with Gasteiger partial charge in [0.1, 0.15) is 0 Å². The van der Waals surface area contributed by atoms with Crippen molar-refractivity contribution in [3.05, 3.63) is 24.3 Å². The fraction of sp³-hybridized carbons (Fsp3) is 0.471. The van der Waals surface area contributed by atoms with Crippen LogP contribution in [0.1, 0.15) is 41.0 Å². The molecule has 0 radical (unpaired) electrons. The number of anilines is 2. The predicted octanol–water partition coefficient (Wildman–Crippen LogP) is 2.30. The highest BCUT2D eigenvalue weighted by Gasteiger charge is 2.17.